The predicted octanol–water partition coefficient (Wildman–Crippen LogP) is 2.93. The molecule has 5 nitrogen and oxygen atoms in total. The largest absolute Gasteiger partial charge is 0.497 e. The van der Waals surface area contributed by atoms with Gasteiger partial charge in [-0.1, -0.05) is 6.92 Å². The van der Waals surface area contributed by atoms with Crippen molar-refractivity contribution in [1.82, 2.24) is 19.8 Å². The SMILES string of the molecule is CCN(Cc1cnc(-c2ccc(OC)cc2)nc1)CC1CCN(C)C1. The van der Waals surface area contributed by atoms with Crippen LogP contribution in [0.5, 0.6) is 5.75 Å². The second kappa shape index (κ2) is 8.41. The minimum absolute atomic E-state index is 0.756. The van der Waals surface area contributed by atoms with E-state index in [0.717, 1.165) is 42.7 Å². The summed E-state index contributed by atoms with van der Waals surface area (Å²) >= 11 is 0. The van der Waals surface area contributed by atoms with Gasteiger partial charge in [-0.25, -0.2) is 9.97 Å². The van der Waals surface area contributed by atoms with E-state index in [1.54, 1.807) is 7.11 Å². The van der Waals surface area contributed by atoms with E-state index in [0.29, 0.717) is 0 Å². The molecule has 0 radical (unpaired) electrons. The van der Waals surface area contributed by atoms with Crippen molar-refractivity contribution in [3.63, 3.8) is 0 Å². The third-order valence-electron chi connectivity index (χ3n) is 4.91. The molecule has 1 aromatic heterocycles. The zero-order chi connectivity index (χ0) is 17.6. The third kappa shape index (κ3) is 4.77. The number of rotatable bonds is 7. The highest BCUT2D eigenvalue weighted by Gasteiger charge is 2.21. The first-order valence-electron chi connectivity index (χ1n) is 9.04. The molecular weight excluding hydrogens is 312 g/mol. The lowest BCUT2D eigenvalue weighted by Gasteiger charge is -2.23. The second-order valence-corrected chi connectivity index (χ2v) is 6.89. The number of ether oxygens (including phenoxy) is 1. The maximum Gasteiger partial charge on any atom is 0.159 e. The van der Waals surface area contributed by atoms with Crippen molar-refractivity contribution in [1.29, 1.82) is 0 Å². The summed E-state index contributed by atoms with van der Waals surface area (Å²) < 4.78 is 5.19. The number of benzene rings is 1. The average molecular weight is 340 g/mol. The molecule has 1 aromatic carbocycles. The molecule has 134 valence electrons. The molecule has 2 heterocycles. The van der Waals surface area contributed by atoms with E-state index < -0.39 is 0 Å². The smallest absolute Gasteiger partial charge is 0.159 e. The number of aromatic nitrogens is 2. The Balaban J connectivity index is 1.60. The minimum Gasteiger partial charge on any atom is -0.497 e. The highest BCUT2D eigenvalue weighted by Crippen LogP contribution is 2.20. The molecule has 0 amide bonds. The lowest BCUT2D eigenvalue weighted by Crippen LogP contribution is -2.30. The van der Waals surface area contributed by atoms with E-state index in [2.05, 4.69) is 33.7 Å². The molecule has 0 aliphatic carbocycles. The first-order valence-corrected chi connectivity index (χ1v) is 9.04. The van der Waals surface area contributed by atoms with E-state index in [9.17, 15) is 0 Å². The van der Waals surface area contributed by atoms with E-state index in [4.69, 9.17) is 4.74 Å². The normalized spacial score (nSPS) is 18.0. The lowest BCUT2D eigenvalue weighted by molar-refractivity contribution is 0.232. The van der Waals surface area contributed by atoms with Crippen molar-refractivity contribution in [3.8, 4) is 17.1 Å². The van der Waals surface area contributed by atoms with Gasteiger partial charge in [-0.05, 0) is 56.7 Å². The summed E-state index contributed by atoms with van der Waals surface area (Å²) in [4.78, 5) is 14.0. The second-order valence-electron chi connectivity index (χ2n) is 6.89. The third-order valence-corrected chi connectivity index (χ3v) is 4.91. The van der Waals surface area contributed by atoms with Gasteiger partial charge >= 0.3 is 0 Å². The summed E-state index contributed by atoms with van der Waals surface area (Å²) in [7, 11) is 3.88. The summed E-state index contributed by atoms with van der Waals surface area (Å²) in [5.74, 6) is 2.38. The van der Waals surface area contributed by atoms with Crippen molar-refractivity contribution in [2.45, 2.75) is 19.9 Å². The highest BCUT2D eigenvalue weighted by atomic mass is 16.5. The van der Waals surface area contributed by atoms with Gasteiger partial charge in [0.2, 0.25) is 0 Å². The van der Waals surface area contributed by atoms with Gasteiger partial charge < -0.3 is 9.64 Å². The van der Waals surface area contributed by atoms with Crippen molar-refractivity contribution in [3.05, 3.63) is 42.2 Å². The van der Waals surface area contributed by atoms with Crippen molar-refractivity contribution in [2.24, 2.45) is 5.92 Å². The molecule has 1 aliphatic rings. The van der Waals surface area contributed by atoms with Crippen LogP contribution in [-0.2, 0) is 6.54 Å². The van der Waals surface area contributed by atoms with E-state index in [1.807, 2.05) is 36.7 Å². The van der Waals surface area contributed by atoms with Crippen LogP contribution >= 0.6 is 0 Å². The molecule has 1 aliphatic heterocycles. The Kier molecular flexibility index (Phi) is 6.00. The van der Waals surface area contributed by atoms with E-state index in [-0.39, 0.29) is 0 Å². The molecule has 0 spiro atoms. The average Bonchev–Trinajstić information content (AvgIpc) is 3.06. The first-order chi connectivity index (χ1) is 12.2. The van der Waals surface area contributed by atoms with Crippen molar-refractivity contribution in [2.75, 3.05) is 40.3 Å². The van der Waals surface area contributed by atoms with Crippen LogP contribution in [0.2, 0.25) is 0 Å². The Hall–Kier alpha value is -1.98. The molecule has 25 heavy (non-hydrogen) atoms. The molecule has 3 rings (SSSR count). The molecule has 1 fully saturated rings. The number of nitrogens with zero attached hydrogens (tertiary/aromatic N) is 4. The Labute approximate surface area is 150 Å². The van der Waals surface area contributed by atoms with Crippen molar-refractivity contribution < 1.29 is 4.74 Å². The first kappa shape index (κ1) is 17.8. The summed E-state index contributed by atoms with van der Waals surface area (Å²) in [5, 5.41) is 0. The fourth-order valence-electron chi connectivity index (χ4n) is 3.43. The van der Waals surface area contributed by atoms with Gasteiger partial charge in [0.15, 0.2) is 5.82 Å². The fraction of sp³-hybridized carbons (Fsp3) is 0.500. The van der Waals surface area contributed by atoms with Crippen LogP contribution < -0.4 is 4.74 Å². The molecule has 0 N–H and O–H groups in total. The van der Waals surface area contributed by atoms with Gasteiger partial charge in [0.1, 0.15) is 5.75 Å². The van der Waals surface area contributed by atoms with Gasteiger partial charge in [0, 0.05) is 43.2 Å². The van der Waals surface area contributed by atoms with Gasteiger partial charge in [0.25, 0.3) is 0 Å². The van der Waals surface area contributed by atoms with Crippen LogP contribution in [0.25, 0.3) is 11.4 Å². The van der Waals surface area contributed by atoms with E-state index >= 15 is 0 Å². The monoisotopic (exact) mass is 340 g/mol. The van der Waals surface area contributed by atoms with Gasteiger partial charge in [0.05, 0.1) is 7.11 Å². The maximum absolute atomic E-state index is 5.19. The number of likely N-dealkylation sites (tertiary alicyclic amines) is 1. The zero-order valence-corrected chi connectivity index (χ0v) is 15.5. The van der Waals surface area contributed by atoms with Crippen LogP contribution in [0.4, 0.5) is 0 Å². The van der Waals surface area contributed by atoms with Gasteiger partial charge in [-0.3, -0.25) is 4.90 Å². The van der Waals surface area contributed by atoms with Crippen molar-refractivity contribution >= 4 is 0 Å². The summed E-state index contributed by atoms with van der Waals surface area (Å²) in [6.07, 6.45) is 5.21. The summed E-state index contributed by atoms with van der Waals surface area (Å²) in [5.41, 5.74) is 2.18. The molecule has 0 saturated carbocycles. The predicted molar refractivity (Wildman–Crippen MR) is 101 cm³/mol. The lowest BCUT2D eigenvalue weighted by atomic mass is 10.1. The van der Waals surface area contributed by atoms with E-state index in [1.165, 1.54) is 25.1 Å². The Morgan fingerprint density at radius 2 is 1.92 bits per heavy atom. The van der Waals surface area contributed by atoms with Crippen LogP contribution in [0.15, 0.2) is 36.7 Å². The molecule has 1 saturated heterocycles. The summed E-state index contributed by atoms with van der Waals surface area (Å²) in [6, 6.07) is 7.85. The Morgan fingerprint density at radius 1 is 1.20 bits per heavy atom. The minimum atomic E-state index is 0.756. The standard InChI is InChI=1S/C20H28N4O/c1-4-24(14-16-9-10-23(2)13-16)15-17-11-21-20(22-12-17)18-5-7-19(25-3)8-6-18/h5-8,11-12,16H,4,9-10,13-15H2,1-3H3. The van der Waals surface area contributed by atoms with Crippen LogP contribution in [-0.4, -0.2) is 60.1 Å². The molecule has 2 aromatic rings. The molecule has 0 bridgehead atoms. The number of methoxy groups -OCH3 is 1. The quantitative estimate of drug-likeness (QED) is 0.775. The van der Waals surface area contributed by atoms with Crippen LogP contribution in [0, 0.1) is 5.92 Å². The topological polar surface area (TPSA) is 41.5 Å². The fourth-order valence-corrected chi connectivity index (χ4v) is 3.43. The van der Waals surface area contributed by atoms with Crippen LogP contribution in [0.3, 0.4) is 0 Å². The number of hydrogen-bond donors (Lipinski definition) is 0. The highest BCUT2D eigenvalue weighted by molar-refractivity contribution is 5.55. The molecular formula is C20H28N4O. The molecule has 1 atom stereocenters. The zero-order valence-electron chi connectivity index (χ0n) is 15.5. The summed E-state index contributed by atoms with van der Waals surface area (Å²) in [6.45, 7) is 7.79. The van der Waals surface area contributed by atoms with Gasteiger partial charge in [-0.15, -0.1) is 0 Å². The Morgan fingerprint density at radius 3 is 2.48 bits per heavy atom. The van der Waals surface area contributed by atoms with Crippen LogP contribution in [0.1, 0.15) is 18.9 Å². The molecule has 1 unspecified atom stereocenters. The Bertz CT molecular complexity index is 656. The number of hydrogen-bond acceptors (Lipinski definition) is 5. The maximum atomic E-state index is 5.19. The van der Waals surface area contributed by atoms with Gasteiger partial charge in [-0.2, -0.15) is 0 Å². The molecule has 5 heteroatoms.